The molecule has 1 amide bonds. The van der Waals surface area contributed by atoms with Crippen LogP contribution in [-0.2, 0) is 6.18 Å². The predicted molar refractivity (Wildman–Crippen MR) is 94.3 cm³/mol. The zero-order valence-electron chi connectivity index (χ0n) is 14.3. The number of pyridine rings is 1. The van der Waals surface area contributed by atoms with Gasteiger partial charge in [-0.3, -0.25) is 4.79 Å². The first-order valence-corrected chi connectivity index (χ1v) is 8.90. The quantitative estimate of drug-likeness (QED) is 0.795. The van der Waals surface area contributed by atoms with Crippen LogP contribution in [-0.4, -0.2) is 21.6 Å². The summed E-state index contributed by atoms with van der Waals surface area (Å²) in [5.41, 5.74) is -2.15. The lowest BCUT2D eigenvalue weighted by Crippen LogP contribution is -2.44. The molecule has 0 aliphatic heterocycles. The van der Waals surface area contributed by atoms with E-state index in [0.717, 1.165) is 25.1 Å². The van der Waals surface area contributed by atoms with Crippen LogP contribution >= 0.6 is 11.6 Å². The standard InChI is InChI=1S/C19H18ClF3N2O2/c20-14-13(19(21,22)23)8-11-24-15(14)17(26)25-16(12-6-2-1-3-7-12)18(27)9-4-5-10-18/h1-3,6-8,11,16,27H,4-5,9-10H2,(H,25,26). The highest BCUT2D eigenvalue weighted by molar-refractivity contribution is 6.34. The number of nitrogens with one attached hydrogen (secondary N) is 1. The molecule has 0 saturated heterocycles. The van der Waals surface area contributed by atoms with Crippen molar-refractivity contribution in [2.45, 2.75) is 43.5 Å². The third-order valence-electron chi connectivity index (χ3n) is 4.82. The minimum absolute atomic E-state index is 0.483. The first kappa shape index (κ1) is 19.6. The molecule has 1 unspecified atom stereocenters. The Balaban J connectivity index is 1.94. The van der Waals surface area contributed by atoms with Gasteiger partial charge in [0.05, 0.1) is 22.2 Å². The number of hydrogen-bond acceptors (Lipinski definition) is 3. The van der Waals surface area contributed by atoms with E-state index in [9.17, 15) is 23.1 Å². The number of alkyl halides is 3. The third kappa shape index (κ3) is 4.09. The molecule has 1 aliphatic rings. The molecule has 1 aromatic heterocycles. The summed E-state index contributed by atoms with van der Waals surface area (Å²) in [5.74, 6) is -0.861. The van der Waals surface area contributed by atoms with Crippen molar-refractivity contribution in [3.05, 3.63) is 64.4 Å². The fraction of sp³-hybridized carbons (Fsp3) is 0.368. The summed E-state index contributed by atoms with van der Waals surface area (Å²) < 4.78 is 39.1. The van der Waals surface area contributed by atoms with E-state index in [1.807, 2.05) is 0 Å². The van der Waals surface area contributed by atoms with Crippen molar-refractivity contribution in [3.63, 3.8) is 0 Å². The highest BCUT2D eigenvalue weighted by Crippen LogP contribution is 2.40. The number of halogens is 4. The largest absolute Gasteiger partial charge is 0.417 e. The Morgan fingerprint density at radius 1 is 1.19 bits per heavy atom. The van der Waals surface area contributed by atoms with E-state index in [1.54, 1.807) is 30.3 Å². The number of carbonyl (C=O) groups is 1. The van der Waals surface area contributed by atoms with E-state index >= 15 is 0 Å². The number of carbonyl (C=O) groups excluding carboxylic acids is 1. The van der Waals surface area contributed by atoms with Gasteiger partial charge in [0.15, 0.2) is 0 Å². The van der Waals surface area contributed by atoms with Gasteiger partial charge in [0, 0.05) is 6.20 Å². The van der Waals surface area contributed by atoms with Gasteiger partial charge in [0.25, 0.3) is 5.91 Å². The summed E-state index contributed by atoms with van der Waals surface area (Å²) in [7, 11) is 0. The molecule has 2 N–H and O–H groups in total. The van der Waals surface area contributed by atoms with E-state index in [0.29, 0.717) is 18.4 Å². The molecule has 4 nitrogen and oxygen atoms in total. The molecule has 144 valence electrons. The monoisotopic (exact) mass is 398 g/mol. The van der Waals surface area contributed by atoms with E-state index in [-0.39, 0.29) is 0 Å². The van der Waals surface area contributed by atoms with Crippen LogP contribution in [0, 0.1) is 0 Å². The van der Waals surface area contributed by atoms with Crippen LogP contribution in [0.4, 0.5) is 13.2 Å². The molecule has 1 aromatic carbocycles. The van der Waals surface area contributed by atoms with Gasteiger partial charge < -0.3 is 10.4 Å². The third-order valence-corrected chi connectivity index (χ3v) is 5.21. The average molecular weight is 399 g/mol. The van der Waals surface area contributed by atoms with Crippen LogP contribution < -0.4 is 5.32 Å². The van der Waals surface area contributed by atoms with Crippen LogP contribution in [0.5, 0.6) is 0 Å². The zero-order valence-corrected chi connectivity index (χ0v) is 15.0. The molecule has 1 fully saturated rings. The number of rotatable bonds is 4. The van der Waals surface area contributed by atoms with Gasteiger partial charge in [0.2, 0.25) is 0 Å². The van der Waals surface area contributed by atoms with Gasteiger partial charge in [0.1, 0.15) is 5.69 Å². The van der Waals surface area contributed by atoms with Crippen molar-refractivity contribution in [1.29, 1.82) is 0 Å². The van der Waals surface area contributed by atoms with Crippen LogP contribution in [0.3, 0.4) is 0 Å². The second-order valence-corrected chi connectivity index (χ2v) is 7.02. The molecular weight excluding hydrogens is 381 g/mol. The second-order valence-electron chi connectivity index (χ2n) is 6.65. The highest BCUT2D eigenvalue weighted by Gasteiger charge is 2.42. The molecular formula is C19H18ClF3N2O2. The Bertz CT molecular complexity index is 821. The smallest absolute Gasteiger partial charge is 0.387 e. The lowest BCUT2D eigenvalue weighted by molar-refractivity contribution is -0.137. The number of benzene rings is 1. The highest BCUT2D eigenvalue weighted by atomic mass is 35.5. The molecule has 0 bridgehead atoms. The molecule has 1 aliphatic carbocycles. The van der Waals surface area contributed by atoms with Crippen LogP contribution in [0.1, 0.15) is 53.3 Å². The summed E-state index contributed by atoms with van der Waals surface area (Å²) >= 11 is 5.81. The molecule has 1 saturated carbocycles. The number of nitrogens with zero attached hydrogens (tertiary/aromatic N) is 1. The molecule has 1 atom stereocenters. The maximum Gasteiger partial charge on any atom is 0.417 e. The second kappa shape index (κ2) is 7.48. The summed E-state index contributed by atoms with van der Waals surface area (Å²) in [6, 6.07) is 8.78. The maximum atomic E-state index is 13.0. The van der Waals surface area contributed by atoms with Crippen molar-refractivity contribution in [2.75, 3.05) is 0 Å². The fourth-order valence-electron chi connectivity index (χ4n) is 3.47. The van der Waals surface area contributed by atoms with Gasteiger partial charge in [-0.15, -0.1) is 0 Å². The molecule has 27 heavy (non-hydrogen) atoms. The molecule has 1 heterocycles. The van der Waals surface area contributed by atoms with E-state index < -0.39 is 40.0 Å². The van der Waals surface area contributed by atoms with E-state index in [1.165, 1.54) is 0 Å². The molecule has 2 aromatic rings. The first-order valence-electron chi connectivity index (χ1n) is 8.52. The van der Waals surface area contributed by atoms with Gasteiger partial charge >= 0.3 is 6.18 Å². The van der Waals surface area contributed by atoms with Crippen molar-refractivity contribution in [1.82, 2.24) is 10.3 Å². The Labute approximate surface area is 159 Å². The van der Waals surface area contributed by atoms with Crippen molar-refractivity contribution in [3.8, 4) is 0 Å². The maximum absolute atomic E-state index is 13.0. The molecule has 3 rings (SSSR count). The fourth-order valence-corrected chi connectivity index (χ4v) is 3.77. The summed E-state index contributed by atoms with van der Waals surface area (Å²) in [5, 5.41) is 12.9. The number of aliphatic hydroxyl groups is 1. The number of aromatic nitrogens is 1. The van der Waals surface area contributed by atoms with Crippen LogP contribution in [0.2, 0.25) is 5.02 Å². The van der Waals surface area contributed by atoms with E-state index in [2.05, 4.69) is 10.3 Å². The minimum atomic E-state index is -4.70. The zero-order chi connectivity index (χ0) is 19.7. The Hall–Kier alpha value is -2.12. The van der Waals surface area contributed by atoms with E-state index in [4.69, 9.17) is 11.6 Å². The summed E-state index contributed by atoms with van der Waals surface area (Å²) in [6.45, 7) is 0. The molecule has 0 spiro atoms. The van der Waals surface area contributed by atoms with Crippen molar-refractivity contribution >= 4 is 17.5 Å². The van der Waals surface area contributed by atoms with Gasteiger partial charge in [-0.05, 0) is 24.5 Å². The van der Waals surface area contributed by atoms with Gasteiger partial charge in [-0.25, -0.2) is 4.98 Å². The summed E-state index contributed by atoms with van der Waals surface area (Å²) in [6.07, 6.45) is -1.23. The SMILES string of the molecule is O=C(NC(c1ccccc1)C1(O)CCCC1)c1nccc(C(F)(F)F)c1Cl. The first-order chi connectivity index (χ1) is 12.7. The molecule has 8 heteroatoms. The normalized spacial score (nSPS) is 17.5. The van der Waals surface area contributed by atoms with Gasteiger partial charge in [-0.2, -0.15) is 13.2 Å². The Morgan fingerprint density at radius 3 is 2.41 bits per heavy atom. The van der Waals surface area contributed by atoms with Crippen LogP contribution in [0.15, 0.2) is 42.6 Å². The topological polar surface area (TPSA) is 62.2 Å². The van der Waals surface area contributed by atoms with Gasteiger partial charge in [-0.1, -0.05) is 54.8 Å². The number of amides is 1. The Morgan fingerprint density at radius 2 is 1.81 bits per heavy atom. The van der Waals surface area contributed by atoms with Crippen molar-refractivity contribution < 1.29 is 23.1 Å². The number of hydrogen-bond donors (Lipinski definition) is 2. The average Bonchev–Trinajstić information content (AvgIpc) is 3.07. The predicted octanol–water partition coefficient (Wildman–Crippen LogP) is 4.53. The summed E-state index contributed by atoms with van der Waals surface area (Å²) in [4.78, 5) is 16.4. The minimum Gasteiger partial charge on any atom is -0.387 e. The van der Waals surface area contributed by atoms with Crippen molar-refractivity contribution in [2.24, 2.45) is 0 Å². The van der Waals surface area contributed by atoms with Crippen LogP contribution in [0.25, 0.3) is 0 Å². The Kier molecular flexibility index (Phi) is 5.44. The lowest BCUT2D eigenvalue weighted by Gasteiger charge is -2.33. The molecule has 0 radical (unpaired) electrons. The lowest BCUT2D eigenvalue weighted by atomic mass is 9.87.